The maximum Gasteiger partial charge on any atom is 0.247 e. The van der Waals surface area contributed by atoms with Gasteiger partial charge in [-0.3, -0.25) is 4.79 Å². The standard InChI is InChI=1S/C19H23ClN8O/c1-3-15(28-25-17(23-26-28)12-7-9-14(20)10-8-12)19(29)21-11-16-22-24-18(27(16)2)13-5-4-6-13/h7-10,13,15H,3-6,11H2,1-2H3,(H,21,29)/t15-/m0/s1. The number of nitrogens with zero attached hydrogens (tertiary/aromatic N) is 7. The van der Waals surface area contributed by atoms with Crippen LogP contribution in [-0.4, -0.2) is 40.9 Å². The van der Waals surface area contributed by atoms with E-state index in [2.05, 4.69) is 30.9 Å². The number of halogens is 1. The summed E-state index contributed by atoms with van der Waals surface area (Å²) in [6, 6.07) is 6.61. The molecule has 1 saturated carbocycles. The van der Waals surface area contributed by atoms with E-state index in [0.717, 1.165) is 30.1 Å². The number of aromatic nitrogens is 7. The Labute approximate surface area is 173 Å². The van der Waals surface area contributed by atoms with Crippen LogP contribution >= 0.6 is 11.6 Å². The number of rotatable bonds is 7. The lowest BCUT2D eigenvalue weighted by molar-refractivity contribution is -0.125. The Balaban J connectivity index is 1.42. The fourth-order valence-electron chi connectivity index (χ4n) is 3.36. The van der Waals surface area contributed by atoms with Gasteiger partial charge in [0.2, 0.25) is 11.7 Å². The van der Waals surface area contributed by atoms with Crippen LogP contribution in [0.5, 0.6) is 0 Å². The highest BCUT2D eigenvalue weighted by Gasteiger charge is 2.26. The predicted molar refractivity (Wildman–Crippen MR) is 107 cm³/mol. The lowest BCUT2D eigenvalue weighted by Crippen LogP contribution is -2.33. The van der Waals surface area contributed by atoms with Crippen LogP contribution in [0, 0.1) is 0 Å². The van der Waals surface area contributed by atoms with Crippen LogP contribution in [0.25, 0.3) is 11.4 Å². The third-order valence-electron chi connectivity index (χ3n) is 5.39. The van der Waals surface area contributed by atoms with Gasteiger partial charge >= 0.3 is 0 Å². The molecule has 29 heavy (non-hydrogen) atoms. The van der Waals surface area contributed by atoms with Crippen LogP contribution in [0.3, 0.4) is 0 Å². The molecule has 152 valence electrons. The van der Waals surface area contributed by atoms with E-state index in [9.17, 15) is 4.79 Å². The number of carbonyl (C=O) groups excluding carboxylic acids is 1. The molecule has 1 atom stereocenters. The number of benzene rings is 1. The second kappa shape index (κ2) is 8.28. The van der Waals surface area contributed by atoms with Crippen LogP contribution in [-0.2, 0) is 18.4 Å². The molecule has 0 radical (unpaired) electrons. The Morgan fingerprint density at radius 3 is 2.66 bits per heavy atom. The summed E-state index contributed by atoms with van der Waals surface area (Å²) < 4.78 is 1.98. The minimum Gasteiger partial charge on any atom is -0.347 e. The zero-order chi connectivity index (χ0) is 20.4. The molecule has 9 nitrogen and oxygen atoms in total. The topological polar surface area (TPSA) is 103 Å². The normalized spacial score (nSPS) is 15.1. The van der Waals surface area contributed by atoms with Crippen LogP contribution in [0.4, 0.5) is 0 Å². The van der Waals surface area contributed by atoms with Gasteiger partial charge < -0.3 is 9.88 Å². The summed E-state index contributed by atoms with van der Waals surface area (Å²) in [6.07, 6.45) is 4.09. The molecule has 1 amide bonds. The van der Waals surface area contributed by atoms with Crippen LogP contribution in [0.15, 0.2) is 24.3 Å². The molecular formula is C19H23ClN8O. The fraction of sp³-hybridized carbons (Fsp3) is 0.474. The summed E-state index contributed by atoms with van der Waals surface area (Å²) in [4.78, 5) is 14.1. The van der Waals surface area contributed by atoms with Crippen LogP contribution in [0.1, 0.15) is 56.2 Å². The molecule has 2 heterocycles. The second-order valence-electron chi connectivity index (χ2n) is 7.24. The fourth-order valence-corrected chi connectivity index (χ4v) is 3.49. The minimum absolute atomic E-state index is 0.180. The average Bonchev–Trinajstić information content (AvgIpc) is 3.28. The first-order chi connectivity index (χ1) is 14.1. The molecule has 1 aromatic carbocycles. The molecule has 4 rings (SSSR count). The van der Waals surface area contributed by atoms with Crippen molar-refractivity contribution >= 4 is 17.5 Å². The molecule has 0 unspecified atom stereocenters. The van der Waals surface area contributed by atoms with Crippen molar-refractivity contribution in [3.8, 4) is 11.4 Å². The number of hydrogen-bond donors (Lipinski definition) is 1. The maximum absolute atomic E-state index is 12.7. The maximum atomic E-state index is 12.7. The number of hydrogen-bond acceptors (Lipinski definition) is 6. The van der Waals surface area contributed by atoms with E-state index >= 15 is 0 Å². The van der Waals surface area contributed by atoms with E-state index in [0.29, 0.717) is 29.7 Å². The Hall–Kier alpha value is -2.81. The lowest BCUT2D eigenvalue weighted by atomic mass is 9.85. The minimum atomic E-state index is -0.553. The molecule has 1 aliphatic carbocycles. The molecule has 0 spiro atoms. The molecule has 3 aromatic rings. The summed E-state index contributed by atoms with van der Waals surface area (Å²) in [5, 5.41) is 24.6. The van der Waals surface area contributed by atoms with Crippen molar-refractivity contribution in [2.45, 2.75) is 51.1 Å². The van der Waals surface area contributed by atoms with Gasteiger partial charge in [-0.25, -0.2) is 0 Å². The summed E-state index contributed by atoms with van der Waals surface area (Å²) in [5.41, 5.74) is 0.790. The number of carbonyl (C=O) groups is 1. The van der Waals surface area contributed by atoms with E-state index in [-0.39, 0.29) is 5.91 Å². The van der Waals surface area contributed by atoms with Gasteiger partial charge in [-0.05, 0) is 48.7 Å². The van der Waals surface area contributed by atoms with E-state index in [1.807, 2.05) is 30.7 Å². The Kier molecular flexibility index (Phi) is 5.57. The van der Waals surface area contributed by atoms with Gasteiger partial charge in [-0.2, -0.15) is 4.80 Å². The van der Waals surface area contributed by atoms with Crippen molar-refractivity contribution in [1.82, 2.24) is 40.3 Å². The highest BCUT2D eigenvalue weighted by atomic mass is 35.5. The third kappa shape index (κ3) is 4.00. The largest absolute Gasteiger partial charge is 0.347 e. The number of nitrogens with one attached hydrogen (secondary N) is 1. The van der Waals surface area contributed by atoms with Gasteiger partial charge in [-0.1, -0.05) is 24.9 Å². The van der Waals surface area contributed by atoms with Gasteiger partial charge in [0.15, 0.2) is 11.9 Å². The van der Waals surface area contributed by atoms with Crippen molar-refractivity contribution in [1.29, 1.82) is 0 Å². The van der Waals surface area contributed by atoms with Crippen LogP contribution < -0.4 is 5.32 Å². The summed E-state index contributed by atoms with van der Waals surface area (Å²) >= 11 is 5.92. The quantitative estimate of drug-likeness (QED) is 0.637. The lowest BCUT2D eigenvalue weighted by Gasteiger charge is -2.24. The van der Waals surface area contributed by atoms with Gasteiger partial charge in [0, 0.05) is 23.6 Å². The van der Waals surface area contributed by atoms with Crippen molar-refractivity contribution in [2.75, 3.05) is 0 Å². The average molecular weight is 415 g/mol. The molecule has 1 fully saturated rings. The molecule has 1 aliphatic rings. The Morgan fingerprint density at radius 2 is 2.00 bits per heavy atom. The third-order valence-corrected chi connectivity index (χ3v) is 5.64. The van der Waals surface area contributed by atoms with Gasteiger partial charge in [-0.15, -0.1) is 20.4 Å². The summed E-state index contributed by atoms with van der Waals surface area (Å²) in [5.74, 6) is 2.50. The second-order valence-corrected chi connectivity index (χ2v) is 7.68. The van der Waals surface area contributed by atoms with E-state index in [1.54, 1.807) is 12.1 Å². The van der Waals surface area contributed by atoms with Gasteiger partial charge in [0.05, 0.1) is 6.54 Å². The highest BCUT2D eigenvalue weighted by Crippen LogP contribution is 2.35. The first-order valence-corrected chi connectivity index (χ1v) is 10.2. The molecule has 10 heteroatoms. The molecule has 1 N–H and O–H groups in total. The monoisotopic (exact) mass is 414 g/mol. The smallest absolute Gasteiger partial charge is 0.247 e. The Morgan fingerprint density at radius 1 is 1.24 bits per heavy atom. The molecule has 0 saturated heterocycles. The zero-order valence-corrected chi connectivity index (χ0v) is 17.2. The number of amides is 1. The molecular weight excluding hydrogens is 392 g/mol. The van der Waals surface area contributed by atoms with Crippen molar-refractivity contribution in [2.24, 2.45) is 7.05 Å². The SMILES string of the molecule is CC[C@@H](C(=O)NCc1nnc(C2CCC2)n1C)n1nnc(-c2ccc(Cl)cc2)n1. The first-order valence-electron chi connectivity index (χ1n) is 9.78. The number of tetrazole rings is 1. The molecule has 0 bridgehead atoms. The van der Waals surface area contributed by atoms with Crippen molar-refractivity contribution in [3.05, 3.63) is 40.9 Å². The van der Waals surface area contributed by atoms with E-state index in [4.69, 9.17) is 11.6 Å². The molecule has 0 aliphatic heterocycles. The highest BCUT2D eigenvalue weighted by molar-refractivity contribution is 6.30. The van der Waals surface area contributed by atoms with Gasteiger partial charge in [0.1, 0.15) is 5.82 Å². The van der Waals surface area contributed by atoms with Gasteiger partial charge in [0.25, 0.3) is 0 Å². The summed E-state index contributed by atoms with van der Waals surface area (Å²) in [6.45, 7) is 2.22. The zero-order valence-electron chi connectivity index (χ0n) is 16.4. The predicted octanol–water partition coefficient (Wildman–Crippen LogP) is 2.66. The van der Waals surface area contributed by atoms with E-state index in [1.165, 1.54) is 11.2 Å². The van der Waals surface area contributed by atoms with Crippen molar-refractivity contribution < 1.29 is 4.79 Å². The van der Waals surface area contributed by atoms with Crippen molar-refractivity contribution in [3.63, 3.8) is 0 Å². The summed E-state index contributed by atoms with van der Waals surface area (Å²) in [7, 11) is 1.95. The van der Waals surface area contributed by atoms with Crippen LogP contribution in [0.2, 0.25) is 5.02 Å². The first kappa shape index (κ1) is 19.5. The molecule has 2 aromatic heterocycles. The van der Waals surface area contributed by atoms with E-state index < -0.39 is 6.04 Å². The Bertz CT molecular complexity index is 992.